The topological polar surface area (TPSA) is 86.0 Å². The van der Waals surface area contributed by atoms with E-state index >= 15 is 0 Å². The summed E-state index contributed by atoms with van der Waals surface area (Å²) < 4.78 is 27.1. The molecule has 108 valence electrons. The van der Waals surface area contributed by atoms with Crippen molar-refractivity contribution in [2.45, 2.75) is 26.4 Å². The zero-order chi connectivity index (χ0) is 14.3. The van der Waals surface area contributed by atoms with Crippen LogP contribution in [-0.2, 0) is 18.4 Å². The SMILES string of the molecule is CCOP(=O)(CC(=O)C[C@@H](O)c1ccco1)OCC. The maximum atomic E-state index is 12.1. The van der Waals surface area contributed by atoms with Gasteiger partial charge in [0, 0.05) is 6.42 Å². The molecule has 1 atom stereocenters. The van der Waals surface area contributed by atoms with Crippen molar-refractivity contribution in [3.05, 3.63) is 24.2 Å². The van der Waals surface area contributed by atoms with Crippen LogP contribution in [0.15, 0.2) is 22.8 Å². The highest BCUT2D eigenvalue weighted by Crippen LogP contribution is 2.48. The number of carbonyl (C=O) groups is 1. The van der Waals surface area contributed by atoms with E-state index in [-0.39, 0.29) is 25.8 Å². The number of ketones is 1. The van der Waals surface area contributed by atoms with Gasteiger partial charge in [-0.05, 0) is 26.0 Å². The molecular formula is C12H19O6P. The lowest BCUT2D eigenvalue weighted by Gasteiger charge is -2.16. The van der Waals surface area contributed by atoms with Gasteiger partial charge in [-0.1, -0.05) is 0 Å². The van der Waals surface area contributed by atoms with E-state index in [0.717, 1.165) is 0 Å². The minimum Gasteiger partial charge on any atom is -0.467 e. The lowest BCUT2D eigenvalue weighted by molar-refractivity contribution is -0.119. The van der Waals surface area contributed by atoms with E-state index in [1.54, 1.807) is 26.0 Å². The molecule has 0 saturated heterocycles. The number of hydrogen-bond acceptors (Lipinski definition) is 6. The molecule has 0 bridgehead atoms. The monoisotopic (exact) mass is 290 g/mol. The molecule has 1 aromatic rings. The predicted molar refractivity (Wildman–Crippen MR) is 69.0 cm³/mol. The molecular weight excluding hydrogens is 271 g/mol. The minimum atomic E-state index is -3.40. The molecule has 0 fully saturated rings. The van der Waals surface area contributed by atoms with Crippen LogP contribution in [0, 0.1) is 0 Å². The summed E-state index contributed by atoms with van der Waals surface area (Å²) in [5.74, 6) is -0.0925. The molecule has 6 nitrogen and oxygen atoms in total. The number of Topliss-reactive ketones (excluding diaryl/α,β-unsaturated/α-hetero) is 1. The smallest absolute Gasteiger partial charge is 0.338 e. The van der Waals surface area contributed by atoms with Crippen molar-refractivity contribution in [2.75, 3.05) is 19.4 Å². The fourth-order valence-corrected chi connectivity index (χ4v) is 3.20. The molecule has 1 aromatic heterocycles. The van der Waals surface area contributed by atoms with Crippen molar-refractivity contribution in [1.29, 1.82) is 0 Å². The minimum absolute atomic E-state index is 0.183. The van der Waals surface area contributed by atoms with Gasteiger partial charge in [0.2, 0.25) is 0 Å². The normalized spacial score (nSPS) is 13.4. The Balaban J connectivity index is 2.55. The lowest BCUT2D eigenvalue weighted by atomic mass is 10.1. The van der Waals surface area contributed by atoms with E-state index in [9.17, 15) is 14.5 Å². The van der Waals surface area contributed by atoms with Gasteiger partial charge in [0.05, 0.1) is 19.5 Å². The van der Waals surface area contributed by atoms with E-state index in [4.69, 9.17) is 13.5 Å². The second-order valence-corrected chi connectivity index (χ2v) is 5.93. The molecule has 0 amide bonds. The number of hydrogen-bond donors (Lipinski definition) is 1. The first-order valence-corrected chi connectivity index (χ1v) is 7.84. The summed E-state index contributed by atoms with van der Waals surface area (Å²) in [7, 11) is -3.40. The second-order valence-electron chi connectivity index (χ2n) is 3.88. The van der Waals surface area contributed by atoms with Crippen molar-refractivity contribution in [2.24, 2.45) is 0 Å². The summed E-state index contributed by atoms with van der Waals surface area (Å²) in [5.41, 5.74) is 0. The van der Waals surface area contributed by atoms with Crippen molar-refractivity contribution in [3.8, 4) is 0 Å². The van der Waals surface area contributed by atoms with E-state index < -0.39 is 19.5 Å². The van der Waals surface area contributed by atoms with Crippen LogP contribution in [0.1, 0.15) is 32.1 Å². The average molecular weight is 290 g/mol. The van der Waals surface area contributed by atoms with Gasteiger partial charge in [0.25, 0.3) is 0 Å². The standard InChI is InChI=1S/C12H19O6P/c1-3-17-19(15,18-4-2)9-10(13)8-11(14)12-6-5-7-16-12/h5-7,11,14H,3-4,8-9H2,1-2H3/t11-/m1/s1. The Morgan fingerprint density at radius 2 is 2.05 bits per heavy atom. The Morgan fingerprint density at radius 3 is 2.53 bits per heavy atom. The fourth-order valence-electron chi connectivity index (χ4n) is 1.60. The zero-order valence-corrected chi connectivity index (χ0v) is 12.0. The van der Waals surface area contributed by atoms with Crippen molar-refractivity contribution in [3.63, 3.8) is 0 Å². The summed E-state index contributed by atoms with van der Waals surface area (Å²) >= 11 is 0. The molecule has 0 radical (unpaired) electrons. The van der Waals surface area contributed by atoms with Gasteiger partial charge >= 0.3 is 7.60 Å². The summed E-state index contributed by atoms with van der Waals surface area (Å²) in [5, 5.41) is 9.75. The Labute approximate surface area is 112 Å². The summed E-state index contributed by atoms with van der Waals surface area (Å²) in [4.78, 5) is 11.8. The van der Waals surface area contributed by atoms with Gasteiger partial charge in [0.1, 0.15) is 23.8 Å². The lowest BCUT2D eigenvalue weighted by Crippen LogP contribution is -2.13. The molecule has 0 aromatic carbocycles. The van der Waals surface area contributed by atoms with Gasteiger partial charge in [0.15, 0.2) is 0 Å². The Hall–Kier alpha value is -0.940. The second kappa shape index (κ2) is 7.60. The van der Waals surface area contributed by atoms with Crippen LogP contribution < -0.4 is 0 Å². The predicted octanol–water partition coefficient (Wildman–Crippen LogP) is 2.54. The largest absolute Gasteiger partial charge is 0.467 e. The van der Waals surface area contributed by atoms with Crippen molar-refractivity contribution in [1.82, 2.24) is 0 Å². The third-order valence-corrected chi connectivity index (χ3v) is 4.36. The van der Waals surface area contributed by atoms with Gasteiger partial charge in [-0.25, -0.2) is 0 Å². The zero-order valence-electron chi connectivity index (χ0n) is 11.1. The molecule has 1 N–H and O–H groups in total. The Morgan fingerprint density at radius 1 is 1.42 bits per heavy atom. The fraction of sp³-hybridized carbons (Fsp3) is 0.583. The maximum Gasteiger partial charge on any atom is 0.338 e. The molecule has 0 saturated carbocycles. The third-order valence-electron chi connectivity index (χ3n) is 2.31. The highest BCUT2D eigenvalue weighted by atomic mass is 31.2. The number of aliphatic hydroxyl groups excluding tert-OH is 1. The highest BCUT2D eigenvalue weighted by Gasteiger charge is 2.29. The first kappa shape index (κ1) is 16.1. The van der Waals surface area contributed by atoms with Crippen LogP contribution in [-0.4, -0.2) is 30.3 Å². The molecule has 0 unspecified atom stereocenters. The summed E-state index contributed by atoms with van der Waals surface area (Å²) in [6.07, 6.45) is -0.155. The molecule has 0 aliphatic heterocycles. The summed E-state index contributed by atoms with van der Waals surface area (Å²) in [6, 6.07) is 3.19. The third kappa shape index (κ3) is 5.28. The van der Waals surface area contributed by atoms with Gasteiger partial charge in [-0.3, -0.25) is 9.36 Å². The number of furan rings is 1. The molecule has 7 heteroatoms. The first-order chi connectivity index (χ1) is 9.00. The molecule has 19 heavy (non-hydrogen) atoms. The van der Waals surface area contributed by atoms with E-state index in [0.29, 0.717) is 5.76 Å². The van der Waals surface area contributed by atoms with Gasteiger partial charge in [-0.15, -0.1) is 0 Å². The molecule has 0 aliphatic rings. The van der Waals surface area contributed by atoms with Crippen molar-refractivity contribution < 1.29 is 27.9 Å². The number of carbonyl (C=O) groups excluding carboxylic acids is 1. The van der Waals surface area contributed by atoms with Crippen LogP contribution in [0.5, 0.6) is 0 Å². The van der Waals surface area contributed by atoms with Crippen LogP contribution in [0.3, 0.4) is 0 Å². The van der Waals surface area contributed by atoms with Gasteiger partial charge in [-0.2, -0.15) is 0 Å². The average Bonchev–Trinajstić information content (AvgIpc) is 2.81. The van der Waals surface area contributed by atoms with Crippen LogP contribution in [0.25, 0.3) is 0 Å². The molecule has 0 aliphatic carbocycles. The van der Waals surface area contributed by atoms with Gasteiger partial charge < -0.3 is 18.6 Å². The van der Waals surface area contributed by atoms with E-state index in [2.05, 4.69) is 0 Å². The molecule has 1 rings (SSSR count). The summed E-state index contributed by atoms with van der Waals surface area (Å²) in [6.45, 7) is 3.75. The van der Waals surface area contributed by atoms with E-state index in [1.807, 2.05) is 0 Å². The highest BCUT2D eigenvalue weighted by molar-refractivity contribution is 7.54. The Bertz CT molecular complexity index is 417. The number of aliphatic hydroxyl groups is 1. The van der Waals surface area contributed by atoms with Crippen LogP contribution in [0.4, 0.5) is 0 Å². The van der Waals surface area contributed by atoms with E-state index in [1.165, 1.54) is 6.26 Å². The van der Waals surface area contributed by atoms with Crippen LogP contribution >= 0.6 is 7.60 Å². The number of rotatable bonds is 9. The van der Waals surface area contributed by atoms with Crippen LogP contribution in [0.2, 0.25) is 0 Å². The first-order valence-electron chi connectivity index (χ1n) is 6.12. The molecule has 0 spiro atoms. The Kier molecular flexibility index (Phi) is 6.45. The van der Waals surface area contributed by atoms with Crippen molar-refractivity contribution >= 4 is 13.4 Å². The quantitative estimate of drug-likeness (QED) is 0.703. The maximum absolute atomic E-state index is 12.1. The molecule has 1 heterocycles.